The number of hydrogen-bond donors (Lipinski definition) is 3. The lowest BCUT2D eigenvalue weighted by Crippen LogP contribution is -2.51. The number of aliphatic hydroxyl groups is 2. The topological polar surface area (TPSA) is 140 Å². The monoisotopic (exact) mass is 695 g/mol. The quantitative estimate of drug-likeness (QED) is 0.188. The minimum Gasteiger partial charge on any atom is -0.493 e. The molecule has 2 aromatic carbocycles. The summed E-state index contributed by atoms with van der Waals surface area (Å²) in [4.78, 5) is 17.3. The van der Waals surface area contributed by atoms with Crippen molar-refractivity contribution in [1.29, 1.82) is 0 Å². The van der Waals surface area contributed by atoms with Crippen molar-refractivity contribution >= 4 is 23.1 Å². The van der Waals surface area contributed by atoms with Crippen LogP contribution in [0.2, 0.25) is 0 Å². The van der Waals surface area contributed by atoms with Crippen molar-refractivity contribution in [3.63, 3.8) is 0 Å². The van der Waals surface area contributed by atoms with Crippen LogP contribution in [-0.2, 0) is 22.0 Å². The summed E-state index contributed by atoms with van der Waals surface area (Å²) < 4.78 is 91.0. The highest BCUT2D eigenvalue weighted by Gasteiger charge is 2.57. The third kappa shape index (κ3) is 7.79. The van der Waals surface area contributed by atoms with Crippen molar-refractivity contribution in [3.8, 4) is 28.5 Å². The Balaban J connectivity index is 1.77. The fourth-order valence-electron chi connectivity index (χ4n) is 4.63. The minimum absolute atomic E-state index is 0.0708. The van der Waals surface area contributed by atoms with E-state index in [2.05, 4.69) is 14.7 Å². The fraction of sp³-hybridized carbons (Fsp3) is 0.424. The molecule has 0 saturated carbocycles. The van der Waals surface area contributed by atoms with E-state index in [0.29, 0.717) is 0 Å². The molecule has 3 N–H and O–H groups in total. The smallest absolute Gasteiger partial charge is 0.424 e. The van der Waals surface area contributed by atoms with Crippen LogP contribution in [-0.4, -0.2) is 75.4 Å². The fourth-order valence-corrected chi connectivity index (χ4v) is 5.28. The lowest BCUT2D eigenvalue weighted by molar-refractivity contribution is -0.265. The maximum absolute atomic E-state index is 14.8. The van der Waals surface area contributed by atoms with Crippen LogP contribution in [0.25, 0.3) is 11.3 Å². The van der Waals surface area contributed by atoms with Crippen LogP contribution in [0.15, 0.2) is 52.9 Å². The van der Waals surface area contributed by atoms with Crippen molar-refractivity contribution < 1.29 is 51.0 Å². The van der Waals surface area contributed by atoms with E-state index in [4.69, 9.17) is 14.2 Å². The Kier molecular flexibility index (Phi) is 10.6. The van der Waals surface area contributed by atoms with Crippen LogP contribution < -0.4 is 19.5 Å². The zero-order valence-corrected chi connectivity index (χ0v) is 28.0. The number of carbonyl (C=O) groups excluding carboxylic acids is 1. The number of methoxy groups -OCH3 is 1. The Morgan fingerprint density at radius 2 is 1.83 bits per heavy atom. The molecule has 4 rings (SSSR count). The third-order valence-electron chi connectivity index (χ3n) is 7.48. The van der Waals surface area contributed by atoms with Gasteiger partial charge < -0.3 is 29.7 Å². The van der Waals surface area contributed by atoms with Crippen LogP contribution in [0.4, 0.5) is 17.6 Å². The second-order valence-electron chi connectivity index (χ2n) is 12.6. The molecule has 1 amide bonds. The number of rotatable bonds is 11. The van der Waals surface area contributed by atoms with Crippen LogP contribution in [0.3, 0.4) is 0 Å². The second-order valence-corrected chi connectivity index (χ2v) is 14.5. The minimum atomic E-state index is -5.35. The number of carbonyl (C=O) groups is 1. The molecular weight excluding hydrogens is 658 g/mol. The summed E-state index contributed by atoms with van der Waals surface area (Å²) in [5.74, 6) is -1.20. The molecule has 0 aliphatic carbocycles. The lowest BCUT2D eigenvalue weighted by atomic mass is 9.83. The number of pyridine rings is 1. The molecule has 4 atom stereocenters. The summed E-state index contributed by atoms with van der Waals surface area (Å²) in [6.07, 6.45) is -4.80. The molecule has 0 radical (unpaired) electrons. The van der Waals surface area contributed by atoms with E-state index in [1.165, 1.54) is 50.6 Å². The maximum Gasteiger partial charge on any atom is 0.424 e. The van der Waals surface area contributed by atoms with Gasteiger partial charge in [-0.25, -0.2) is 13.6 Å². The first-order chi connectivity index (χ1) is 22.3. The predicted octanol–water partition coefficient (Wildman–Crippen LogP) is 5.02. The first kappa shape index (κ1) is 36.8. The van der Waals surface area contributed by atoms with Gasteiger partial charge in [-0.1, -0.05) is 0 Å². The van der Waals surface area contributed by atoms with E-state index in [0.717, 1.165) is 18.2 Å². The zero-order chi connectivity index (χ0) is 35.7. The van der Waals surface area contributed by atoms with Gasteiger partial charge in [-0.15, -0.1) is 0 Å². The SMILES string of the molecule is COc1cc(C(=O)NCC(O)(c2cc3c(c(-c4ccc(F)cc4)n2)OCC3(C)C=NS(=O)C(C)(C)C)C(F)(F)F)ccc1OC[C@@H](C)O. The van der Waals surface area contributed by atoms with E-state index < -0.39 is 63.0 Å². The molecule has 1 aromatic heterocycles. The average molecular weight is 696 g/mol. The van der Waals surface area contributed by atoms with Gasteiger partial charge in [-0.2, -0.15) is 17.6 Å². The van der Waals surface area contributed by atoms with Crippen LogP contribution in [0.1, 0.15) is 56.2 Å². The summed E-state index contributed by atoms with van der Waals surface area (Å²) in [6.45, 7) is 6.75. The first-order valence-electron chi connectivity index (χ1n) is 14.8. The summed E-state index contributed by atoms with van der Waals surface area (Å²) in [6, 6.07) is 9.72. The normalized spacial score (nSPS) is 18.8. The van der Waals surface area contributed by atoms with Crippen molar-refractivity contribution in [2.45, 2.75) is 62.7 Å². The van der Waals surface area contributed by atoms with E-state index in [1.807, 2.05) is 0 Å². The highest BCUT2D eigenvalue weighted by atomic mass is 32.2. The lowest BCUT2D eigenvalue weighted by Gasteiger charge is -2.31. The number of benzene rings is 2. The number of hydrogen-bond acceptors (Lipinski definition) is 8. The second kappa shape index (κ2) is 13.8. The Morgan fingerprint density at radius 1 is 1.17 bits per heavy atom. The summed E-state index contributed by atoms with van der Waals surface area (Å²) >= 11 is 0. The number of aromatic nitrogens is 1. The van der Waals surface area contributed by atoms with E-state index >= 15 is 0 Å². The molecule has 0 saturated heterocycles. The largest absolute Gasteiger partial charge is 0.493 e. The van der Waals surface area contributed by atoms with Crippen molar-refractivity contribution in [2.75, 3.05) is 26.9 Å². The molecule has 0 fully saturated rings. The Hall–Kier alpha value is -4.08. The van der Waals surface area contributed by atoms with Gasteiger partial charge in [0.1, 0.15) is 41.5 Å². The highest BCUT2D eigenvalue weighted by molar-refractivity contribution is 7.85. The molecular formula is C33H37F4N3O7S. The summed E-state index contributed by atoms with van der Waals surface area (Å²) in [7, 11) is -0.398. The van der Waals surface area contributed by atoms with Crippen LogP contribution in [0, 0.1) is 5.82 Å². The number of aliphatic hydroxyl groups excluding tert-OH is 1. The van der Waals surface area contributed by atoms with Gasteiger partial charge in [0.15, 0.2) is 11.5 Å². The van der Waals surface area contributed by atoms with E-state index in [1.54, 1.807) is 27.7 Å². The van der Waals surface area contributed by atoms with Crippen LogP contribution >= 0.6 is 0 Å². The number of alkyl halides is 3. The Bertz CT molecular complexity index is 1710. The molecule has 3 aromatic rings. The van der Waals surface area contributed by atoms with Gasteiger partial charge in [0.05, 0.1) is 35.6 Å². The molecule has 0 bridgehead atoms. The molecule has 1 aliphatic rings. The van der Waals surface area contributed by atoms with Gasteiger partial charge in [0.25, 0.3) is 5.91 Å². The standard InChI is InChI=1S/C33H37F4N3O7S/c1-19(41)15-46-24-12-9-21(13-25(24)45-6)29(42)38-17-32(43,33(35,36)37)26-14-23-28(27(40-26)20-7-10-22(34)11-8-20)47-18-31(23,5)16-39-48(44)30(2,3)4/h7-14,16,19,41,43H,15,17-18H2,1-6H3,(H,38,42)/t19-,31?,32?,48?/m1/s1. The summed E-state index contributed by atoms with van der Waals surface area (Å²) in [5.41, 5.74) is -5.63. The molecule has 3 unspecified atom stereocenters. The number of ether oxygens (including phenoxy) is 3. The number of amides is 1. The maximum atomic E-state index is 14.8. The summed E-state index contributed by atoms with van der Waals surface area (Å²) in [5, 5.41) is 23.0. The number of fused-ring (bicyclic) bond motifs is 1. The average Bonchev–Trinajstić information content (AvgIpc) is 3.36. The molecule has 2 heterocycles. The van der Waals surface area contributed by atoms with Crippen LogP contribution in [0.5, 0.6) is 17.2 Å². The van der Waals surface area contributed by atoms with Crippen molar-refractivity contribution in [1.82, 2.24) is 10.3 Å². The van der Waals surface area contributed by atoms with Gasteiger partial charge in [0, 0.05) is 22.9 Å². The van der Waals surface area contributed by atoms with Gasteiger partial charge >= 0.3 is 6.18 Å². The van der Waals surface area contributed by atoms with Gasteiger partial charge in [-0.3, -0.25) is 4.79 Å². The first-order valence-corrected chi connectivity index (χ1v) is 15.9. The molecule has 1 aliphatic heterocycles. The Labute approximate surface area is 277 Å². The molecule has 48 heavy (non-hydrogen) atoms. The zero-order valence-electron chi connectivity index (χ0n) is 27.1. The van der Waals surface area contributed by atoms with E-state index in [-0.39, 0.29) is 52.8 Å². The van der Waals surface area contributed by atoms with Crippen molar-refractivity contribution in [2.24, 2.45) is 4.40 Å². The molecule has 260 valence electrons. The molecule has 10 nitrogen and oxygen atoms in total. The molecule has 0 spiro atoms. The predicted molar refractivity (Wildman–Crippen MR) is 171 cm³/mol. The van der Waals surface area contributed by atoms with Gasteiger partial charge in [0.2, 0.25) is 5.60 Å². The van der Waals surface area contributed by atoms with Crippen molar-refractivity contribution in [3.05, 3.63) is 71.2 Å². The van der Waals surface area contributed by atoms with E-state index in [9.17, 15) is 36.8 Å². The third-order valence-corrected chi connectivity index (χ3v) is 8.83. The Morgan fingerprint density at radius 3 is 2.42 bits per heavy atom. The number of nitrogens with zero attached hydrogens (tertiary/aromatic N) is 2. The van der Waals surface area contributed by atoms with Gasteiger partial charge in [-0.05, 0) is 83.1 Å². The number of halogens is 4. The number of nitrogens with one attached hydrogen (secondary N) is 1. The molecule has 15 heteroatoms. The highest BCUT2D eigenvalue weighted by Crippen LogP contribution is 2.47.